The Bertz CT molecular complexity index is 101. The maximum Gasteiger partial charge on any atom is 0.228 e. The molecule has 9 heavy (non-hydrogen) atoms. The standard InChI is InChI=1S/C4H9NO2S.ClH/c5-3-1-2-8-4(3,6)7;/h3,6-7H,1-2,5H2;1H/t3-;/m1./s1. The molecule has 0 unspecified atom stereocenters. The van der Waals surface area contributed by atoms with Crippen molar-refractivity contribution in [2.24, 2.45) is 5.73 Å². The summed E-state index contributed by atoms with van der Waals surface area (Å²) >= 11 is 1.09. The second-order valence-corrected chi connectivity index (χ2v) is 3.20. The van der Waals surface area contributed by atoms with Gasteiger partial charge in [0.05, 0.1) is 6.04 Å². The molecule has 4 N–H and O–H groups in total. The third-order valence-electron chi connectivity index (χ3n) is 1.23. The van der Waals surface area contributed by atoms with Gasteiger partial charge in [-0.15, -0.1) is 12.4 Å². The zero-order valence-corrected chi connectivity index (χ0v) is 6.41. The van der Waals surface area contributed by atoms with Gasteiger partial charge in [0, 0.05) is 5.75 Å². The smallest absolute Gasteiger partial charge is 0.228 e. The van der Waals surface area contributed by atoms with Crippen molar-refractivity contribution in [1.82, 2.24) is 0 Å². The average Bonchev–Trinajstić information content (AvgIpc) is 1.86. The van der Waals surface area contributed by atoms with Gasteiger partial charge in [0.2, 0.25) is 5.12 Å². The summed E-state index contributed by atoms with van der Waals surface area (Å²) in [6.07, 6.45) is 0.692. The van der Waals surface area contributed by atoms with Crippen LogP contribution in [0.2, 0.25) is 0 Å². The van der Waals surface area contributed by atoms with Crippen LogP contribution in [0.25, 0.3) is 0 Å². The minimum atomic E-state index is -1.65. The SMILES string of the molecule is Cl.N[C@@H]1CCSC1(O)O. The summed E-state index contributed by atoms with van der Waals surface area (Å²) in [7, 11) is 0. The molecule has 0 saturated carbocycles. The Morgan fingerprint density at radius 3 is 2.22 bits per heavy atom. The summed E-state index contributed by atoms with van der Waals surface area (Å²) < 4.78 is 0. The second-order valence-electron chi connectivity index (χ2n) is 1.90. The molecular weight excluding hydrogens is 162 g/mol. The molecule has 0 amide bonds. The molecule has 56 valence electrons. The molecule has 1 aliphatic rings. The third kappa shape index (κ3) is 1.98. The fourth-order valence-corrected chi connectivity index (χ4v) is 1.64. The molecule has 0 aromatic rings. The molecule has 0 aliphatic carbocycles. The van der Waals surface area contributed by atoms with Crippen LogP contribution in [0, 0.1) is 0 Å². The number of aliphatic hydroxyl groups is 2. The topological polar surface area (TPSA) is 66.5 Å². The van der Waals surface area contributed by atoms with Crippen LogP contribution < -0.4 is 5.73 Å². The van der Waals surface area contributed by atoms with Gasteiger partial charge in [-0.25, -0.2) is 0 Å². The van der Waals surface area contributed by atoms with Crippen molar-refractivity contribution in [2.75, 3.05) is 5.75 Å². The van der Waals surface area contributed by atoms with Crippen LogP contribution in [0.5, 0.6) is 0 Å². The molecule has 0 bridgehead atoms. The van der Waals surface area contributed by atoms with Crippen LogP contribution in [0.3, 0.4) is 0 Å². The van der Waals surface area contributed by atoms with E-state index in [4.69, 9.17) is 15.9 Å². The molecule has 1 saturated heterocycles. The van der Waals surface area contributed by atoms with Crippen LogP contribution in [0.4, 0.5) is 0 Å². The fraction of sp³-hybridized carbons (Fsp3) is 1.00. The van der Waals surface area contributed by atoms with Crippen LogP contribution in [-0.4, -0.2) is 27.1 Å². The highest BCUT2D eigenvalue weighted by atomic mass is 35.5. The van der Waals surface area contributed by atoms with Gasteiger partial charge in [-0.1, -0.05) is 11.8 Å². The normalized spacial score (nSPS) is 31.7. The summed E-state index contributed by atoms with van der Waals surface area (Å²) in [4.78, 5) is 0. The first-order valence-electron chi connectivity index (χ1n) is 2.47. The Labute approximate surface area is 64.0 Å². The van der Waals surface area contributed by atoms with Crippen molar-refractivity contribution in [1.29, 1.82) is 0 Å². The highest BCUT2D eigenvalue weighted by Crippen LogP contribution is 2.31. The van der Waals surface area contributed by atoms with E-state index in [1.165, 1.54) is 0 Å². The predicted octanol–water partition coefficient (Wildman–Crippen LogP) is -0.489. The van der Waals surface area contributed by atoms with E-state index < -0.39 is 11.2 Å². The van der Waals surface area contributed by atoms with Gasteiger partial charge < -0.3 is 15.9 Å². The molecule has 1 rings (SSSR count). The number of thioether (sulfide) groups is 1. The molecule has 5 heteroatoms. The van der Waals surface area contributed by atoms with E-state index in [9.17, 15) is 0 Å². The Hall–Kier alpha value is 0.520. The Kier molecular flexibility index (Phi) is 3.25. The fourth-order valence-electron chi connectivity index (χ4n) is 0.631. The number of rotatable bonds is 0. The van der Waals surface area contributed by atoms with Crippen molar-refractivity contribution in [3.63, 3.8) is 0 Å². The van der Waals surface area contributed by atoms with E-state index in [2.05, 4.69) is 0 Å². The number of nitrogens with two attached hydrogens (primary N) is 1. The summed E-state index contributed by atoms with van der Waals surface area (Å²) in [6, 6.07) is -0.465. The van der Waals surface area contributed by atoms with E-state index in [1.54, 1.807) is 0 Å². The van der Waals surface area contributed by atoms with Crippen LogP contribution in [0.1, 0.15) is 6.42 Å². The predicted molar refractivity (Wildman–Crippen MR) is 39.5 cm³/mol. The van der Waals surface area contributed by atoms with E-state index >= 15 is 0 Å². The zero-order valence-electron chi connectivity index (χ0n) is 4.78. The summed E-state index contributed by atoms with van der Waals surface area (Å²) in [6.45, 7) is 0. The second kappa shape index (κ2) is 3.07. The minimum Gasteiger partial charge on any atom is -0.356 e. The molecular formula is C4H10ClNO2S. The molecule has 0 radical (unpaired) electrons. The van der Waals surface area contributed by atoms with Gasteiger partial charge >= 0.3 is 0 Å². The first-order valence-corrected chi connectivity index (χ1v) is 3.46. The van der Waals surface area contributed by atoms with Crippen molar-refractivity contribution in [3.8, 4) is 0 Å². The Morgan fingerprint density at radius 2 is 2.11 bits per heavy atom. The number of halogens is 1. The first-order chi connectivity index (χ1) is 3.63. The van der Waals surface area contributed by atoms with Crippen LogP contribution in [-0.2, 0) is 0 Å². The Morgan fingerprint density at radius 1 is 1.56 bits per heavy atom. The lowest BCUT2D eigenvalue weighted by Gasteiger charge is -2.17. The van der Waals surface area contributed by atoms with Gasteiger partial charge in [0.25, 0.3) is 0 Å². The van der Waals surface area contributed by atoms with Crippen molar-refractivity contribution in [3.05, 3.63) is 0 Å². The maximum atomic E-state index is 8.86. The highest BCUT2D eigenvalue weighted by molar-refractivity contribution is 8.00. The zero-order chi connectivity index (χ0) is 6.20. The third-order valence-corrected chi connectivity index (χ3v) is 2.39. The molecule has 1 aliphatic heterocycles. The van der Waals surface area contributed by atoms with Gasteiger partial charge in [-0.2, -0.15) is 0 Å². The first kappa shape index (κ1) is 9.52. The van der Waals surface area contributed by atoms with Gasteiger partial charge in [0.1, 0.15) is 0 Å². The van der Waals surface area contributed by atoms with Crippen LogP contribution in [0.15, 0.2) is 0 Å². The van der Waals surface area contributed by atoms with E-state index in [0.717, 1.165) is 17.5 Å². The van der Waals surface area contributed by atoms with Crippen molar-refractivity contribution >= 4 is 24.2 Å². The lowest BCUT2D eigenvalue weighted by molar-refractivity contribution is -0.0880. The van der Waals surface area contributed by atoms with E-state index in [-0.39, 0.29) is 12.4 Å². The maximum absolute atomic E-state index is 8.86. The van der Waals surface area contributed by atoms with Crippen molar-refractivity contribution in [2.45, 2.75) is 17.6 Å². The monoisotopic (exact) mass is 171 g/mol. The molecule has 0 spiro atoms. The quantitative estimate of drug-likeness (QED) is 0.431. The molecule has 1 fully saturated rings. The van der Waals surface area contributed by atoms with Gasteiger partial charge in [-0.05, 0) is 6.42 Å². The highest BCUT2D eigenvalue weighted by Gasteiger charge is 2.37. The van der Waals surface area contributed by atoms with Gasteiger partial charge in [0.15, 0.2) is 0 Å². The van der Waals surface area contributed by atoms with E-state index in [0.29, 0.717) is 6.42 Å². The Balaban J connectivity index is 0.000000640. The lowest BCUT2D eigenvalue weighted by Crippen LogP contribution is -2.40. The summed E-state index contributed by atoms with van der Waals surface area (Å²) in [5.41, 5.74) is 5.29. The average molecular weight is 172 g/mol. The van der Waals surface area contributed by atoms with E-state index in [1.807, 2.05) is 0 Å². The van der Waals surface area contributed by atoms with Crippen LogP contribution >= 0.6 is 24.2 Å². The summed E-state index contributed by atoms with van der Waals surface area (Å²) in [5.74, 6) is 0.744. The summed E-state index contributed by atoms with van der Waals surface area (Å²) in [5, 5.41) is 16.1. The molecule has 0 aromatic heterocycles. The van der Waals surface area contributed by atoms with Gasteiger partial charge in [-0.3, -0.25) is 0 Å². The molecule has 1 atom stereocenters. The lowest BCUT2D eigenvalue weighted by atomic mass is 10.2. The molecule has 3 nitrogen and oxygen atoms in total. The molecule has 1 heterocycles. The number of hydrogen-bond acceptors (Lipinski definition) is 4. The minimum absolute atomic E-state index is 0. The van der Waals surface area contributed by atoms with Crippen molar-refractivity contribution < 1.29 is 10.2 Å². The molecule has 0 aromatic carbocycles. The largest absolute Gasteiger partial charge is 0.356 e. The number of hydrogen-bond donors (Lipinski definition) is 3.